The minimum atomic E-state index is -0.782. The Morgan fingerprint density at radius 2 is 0.600 bits per heavy atom. The van der Waals surface area contributed by atoms with Crippen molar-refractivity contribution in [1.29, 1.82) is 0 Å². The molecule has 1 atom stereocenters. The Hall–Kier alpha value is -2.37. The van der Waals surface area contributed by atoms with Crippen LogP contribution in [0.5, 0.6) is 0 Å². The Labute approximate surface area is 372 Å². The molecule has 1 unspecified atom stereocenters. The Balaban J connectivity index is 4.37. The van der Waals surface area contributed by atoms with E-state index < -0.39 is 6.10 Å². The van der Waals surface area contributed by atoms with Gasteiger partial charge in [0.25, 0.3) is 0 Å². The van der Waals surface area contributed by atoms with E-state index >= 15 is 0 Å². The maximum absolute atomic E-state index is 12.8. The van der Waals surface area contributed by atoms with Crippen molar-refractivity contribution >= 4 is 17.9 Å². The summed E-state index contributed by atoms with van der Waals surface area (Å²) in [5.74, 6) is -0.904. The number of esters is 3. The number of hydrogen-bond acceptors (Lipinski definition) is 6. The van der Waals surface area contributed by atoms with Crippen LogP contribution in [0.25, 0.3) is 0 Å². The van der Waals surface area contributed by atoms with Crippen LogP contribution < -0.4 is 0 Å². The second kappa shape index (κ2) is 49.3. The third-order valence-corrected chi connectivity index (χ3v) is 11.4. The fraction of sp³-hybridized carbons (Fsp3) is 0.833. The zero-order valence-corrected chi connectivity index (χ0v) is 40.0. The first-order valence-corrected chi connectivity index (χ1v) is 26.0. The summed E-state index contributed by atoms with van der Waals surface area (Å²) in [4.78, 5) is 37.9. The fourth-order valence-corrected chi connectivity index (χ4v) is 7.43. The highest BCUT2D eigenvalue weighted by atomic mass is 16.6. The van der Waals surface area contributed by atoms with Crippen molar-refractivity contribution in [2.45, 2.75) is 277 Å². The third kappa shape index (κ3) is 46.7. The van der Waals surface area contributed by atoms with Crippen molar-refractivity contribution in [3.8, 4) is 0 Å². The molecule has 0 saturated heterocycles. The molecule has 0 bridgehead atoms. The molecule has 350 valence electrons. The number of unbranched alkanes of at least 4 members (excludes halogenated alkanes) is 31. The van der Waals surface area contributed by atoms with Crippen LogP contribution in [0.1, 0.15) is 271 Å². The zero-order valence-electron chi connectivity index (χ0n) is 40.0. The summed E-state index contributed by atoms with van der Waals surface area (Å²) >= 11 is 0. The summed E-state index contributed by atoms with van der Waals surface area (Å²) in [6.07, 6.45) is 57.0. The van der Waals surface area contributed by atoms with Gasteiger partial charge in [-0.15, -0.1) is 0 Å². The van der Waals surface area contributed by atoms with Crippen LogP contribution in [0.4, 0.5) is 0 Å². The van der Waals surface area contributed by atoms with Gasteiger partial charge in [0.15, 0.2) is 6.10 Å². The molecule has 0 aromatic carbocycles. The van der Waals surface area contributed by atoms with Crippen LogP contribution in [0.3, 0.4) is 0 Å². The summed E-state index contributed by atoms with van der Waals surface area (Å²) < 4.78 is 16.8. The van der Waals surface area contributed by atoms with Gasteiger partial charge in [0.1, 0.15) is 13.2 Å². The lowest BCUT2D eigenvalue weighted by Crippen LogP contribution is -2.30. The minimum absolute atomic E-state index is 0.0806. The molecule has 0 aromatic rings. The Bertz CT molecular complexity index is 1020. The molecule has 0 heterocycles. The van der Waals surface area contributed by atoms with Gasteiger partial charge >= 0.3 is 17.9 Å². The van der Waals surface area contributed by atoms with Gasteiger partial charge in [-0.3, -0.25) is 14.4 Å². The van der Waals surface area contributed by atoms with Crippen molar-refractivity contribution < 1.29 is 28.6 Å². The van der Waals surface area contributed by atoms with Gasteiger partial charge in [0.2, 0.25) is 0 Å². The van der Waals surface area contributed by atoms with Crippen molar-refractivity contribution in [3.05, 3.63) is 36.5 Å². The molecule has 0 aliphatic carbocycles. The molecular formula is C54H98O6. The molecule has 0 aromatic heterocycles. The summed E-state index contributed by atoms with van der Waals surface area (Å²) in [5.41, 5.74) is 0. The van der Waals surface area contributed by atoms with Crippen LogP contribution >= 0.6 is 0 Å². The van der Waals surface area contributed by atoms with Crippen molar-refractivity contribution in [2.24, 2.45) is 0 Å². The Morgan fingerprint density at radius 3 is 0.950 bits per heavy atom. The first-order valence-electron chi connectivity index (χ1n) is 26.0. The van der Waals surface area contributed by atoms with E-state index in [1.165, 1.54) is 141 Å². The Morgan fingerprint density at radius 1 is 0.333 bits per heavy atom. The lowest BCUT2D eigenvalue weighted by atomic mass is 10.1. The topological polar surface area (TPSA) is 78.9 Å². The van der Waals surface area contributed by atoms with Gasteiger partial charge in [0, 0.05) is 19.3 Å². The van der Waals surface area contributed by atoms with Crippen LogP contribution in [0.15, 0.2) is 36.5 Å². The van der Waals surface area contributed by atoms with Gasteiger partial charge in [-0.05, 0) is 70.6 Å². The average molecular weight is 843 g/mol. The van der Waals surface area contributed by atoms with E-state index in [1.807, 2.05) is 0 Å². The predicted octanol–water partition coefficient (Wildman–Crippen LogP) is 16.9. The highest BCUT2D eigenvalue weighted by Gasteiger charge is 2.19. The summed E-state index contributed by atoms with van der Waals surface area (Å²) in [6, 6.07) is 0. The first kappa shape index (κ1) is 57.6. The number of rotatable bonds is 47. The maximum atomic E-state index is 12.8. The maximum Gasteiger partial charge on any atom is 0.306 e. The van der Waals surface area contributed by atoms with Crippen molar-refractivity contribution in [1.82, 2.24) is 0 Å². The molecule has 0 N–H and O–H groups in total. The number of carbonyl (C=O) groups is 3. The Kier molecular flexibility index (Phi) is 47.3. The second-order valence-electron chi connectivity index (χ2n) is 17.5. The van der Waals surface area contributed by atoms with Crippen molar-refractivity contribution in [2.75, 3.05) is 13.2 Å². The molecule has 0 rings (SSSR count). The molecular weight excluding hydrogens is 745 g/mol. The molecule has 0 aliphatic heterocycles. The lowest BCUT2D eigenvalue weighted by Gasteiger charge is -2.18. The normalized spacial score (nSPS) is 12.2. The summed E-state index contributed by atoms with van der Waals surface area (Å²) in [7, 11) is 0. The first-order chi connectivity index (χ1) is 29.5. The van der Waals surface area contributed by atoms with Gasteiger partial charge in [0.05, 0.1) is 0 Å². The molecule has 0 radical (unpaired) electrons. The number of allylic oxidation sites excluding steroid dienone is 6. The van der Waals surface area contributed by atoms with E-state index in [0.717, 1.165) is 89.9 Å². The highest BCUT2D eigenvalue weighted by molar-refractivity contribution is 5.71. The average Bonchev–Trinajstić information content (AvgIpc) is 3.24. The summed E-state index contributed by atoms with van der Waals surface area (Å²) in [5, 5.41) is 0. The quantitative estimate of drug-likeness (QED) is 0.0200. The van der Waals surface area contributed by atoms with Gasteiger partial charge in [-0.2, -0.15) is 0 Å². The summed E-state index contributed by atoms with van der Waals surface area (Å²) in [6.45, 7) is 6.61. The molecule has 0 aliphatic rings. The third-order valence-electron chi connectivity index (χ3n) is 11.4. The van der Waals surface area contributed by atoms with Crippen LogP contribution in [-0.4, -0.2) is 37.2 Å². The van der Waals surface area contributed by atoms with E-state index in [9.17, 15) is 14.4 Å². The van der Waals surface area contributed by atoms with E-state index in [4.69, 9.17) is 14.2 Å². The van der Waals surface area contributed by atoms with Crippen LogP contribution in [0.2, 0.25) is 0 Å². The van der Waals surface area contributed by atoms with E-state index in [1.54, 1.807) is 0 Å². The molecule has 6 heteroatoms. The van der Waals surface area contributed by atoms with Crippen molar-refractivity contribution in [3.63, 3.8) is 0 Å². The number of ether oxygens (including phenoxy) is 3. The number of carbonyl (C=O) groups excluding carboxylic acids is 3. The molecule has 60 heavy (non-hydrogen) atoms. The van der Waals surface area contributed by atoms with E-state index in [0.29, 0.717) is 19.3 Å². The van der Waals surface area contributed by atoms with E-state index in [2.05, 4.69) is 57.2 Å². The van der Waals surface area contributed by atoms with Gasteiger partial charge < -0.3 is 14.2 Å². The molecule has 6 nitrogen and oxygen atoms in total. The number of hydrogen-bond donors (Lipinski definition) is 0. The SMILES string of the molecule is CCCCCCCC/C=C\CCCCCC(=O)OC(COC(=O)CCCCCCC/C=C\C=C/CCCCCCCCC)COC(=O)CCCCCCCCCCCCC. The largest absolute Gasteiger partial charge is 0.462 e. The zero-order chi connectivity index (χ0) is 43.7. The lowest BCUT2D eigenvalue weighted by molar-refractivity contribution is -0.167. The smallest absolute Gasteiger partial charge is 0.306 e. The molecule has 0 spiro atoms. The van der Waals surface area contributed by atoms with Gasteiger partial charge in [-0.1, -0.05) is 218 Å². The predicted molar refractivity (Wildman–Crippen MR) is 256 cm³/mol. The molecule has 0 saturated carbocycles. The second-order valence-corrected chi connectivity index (χ2v) is 17.5. The monoisotopic (exact) mass is 843 g/mol. The highest BCUT2D eigenvalue weighted by Crippen LogP contribution is 2.15. The van der Waals surface area contributed by atoms with Crippen LogP contribution in [0, 0.1) is 0 Å². The van der Waals surface area contributed by atoms with Crippen LogP contribution in [-0.2, 0) is 28.6 Å². The van der Waals surface area contributed by atoms with Gasteiger partial charge in [-0.25, -0.2) is 0 Å². The minimum Gasteiger partial charge on any atom is -0.462 e. The fourth-order valence-electron chi connectivity index (χ4n) is 7.43. The van der Waals surface area contributed by atoms with E-state index in [-0.39, 0.29) is 31.1 Å². The molecule has 0 fully saturated rings. The molecule has 0 amide bonds. The standard InChI is InChI=1S/C54H98O6/c1-4-7-10-13-16-19-22-24-25-26-27-28-30-32-35-38-41-44-47-53(56)59-50-51(49-58-52(55)46-43-40-37-34-31-21-18-15-12-9-6-3)60-54(57)48-45-42-39-36-33-29-23-20-17-14-11-8-5-2/h25-29,33,51H,4-24,30-32,34-50H2,1-3H3/b26-25-,28-27-,33-29-.